The van der Waals surface area contributed by atoms with Crippen LogP contribution >= 0.6 is 31.8 Å². The Morgan fingerprint density at radius 1 is 1.30 bits per heavy atom. The van der Waals surface area contributed by atoms with Gasteiger partial charge in [0, 0.05) is 5.88 Å². The third-order valence-corrected chi connectivity index (χ3v) is 1.31. The average Bonchev–Trinajstić information content (AvgIpc) is 1.92. The summed E-state index contributed by atoms with van der Waals surface area (Å²) in [6.07, 6.45) is 2.49. The van der Waals surface area contributed by atoms with E-state index in [2.05, 4.69) is 0 Å². The quantitative estimate of drug-likeness (QED) is 0.458. The van der Waals surface area contributed by atoms with Gasteiger partial charge in [0.05, 0.1) is 0 Å². The molecule has 0 spiro atoms. The Bertz CT molecular complexity index is 54.2. The molecule has 0 radical (unpaired) electrons. The molecule has 10 heavy (non-hydrogen) atoms. The second-order valence-electron chi connectivity index (χ2n) is 1.62. The molecule has 0 bridgehead atoms. The van der Waals surface area contributed by atoms with Crippen molar-refractivity contribution in [3.05, 3.63) is 0 Å². The van der Waals surface area contributed by atoms with E-state index in [4.69, 9.17) is 36.9 Å². The molecule has 0 saturated heterocycles. The van der Waals surface area contributed by atoms with Gasteiger partial charge >= 0.3 is 31.8 Å². The molecule has 61 valence electrons. The number of rotatable bonds is 4. The summed E-state index contributed by atoms with van der Waals surface area (Å²) >= 11 is 11.4. The van der Waals surface area contributed by atoms with E-state index < -0.39 is 5.56 Å². The Morgan fingerprint density at radius 2 is 1.80 bits per heavy atom. The Hall–Kier alpha value is 1.70. The zero-order chi connectivity index (χ0) is 8.41. The van der Waals surface area contributed by atoms with E-state index in [0.29, 0.717) is 12.3 Å². The van der Waals surface area contributed by atoms with Crippen molar-refractivity contribution >= 4 is 31.8 Å². The van der Waals surface area contributed by atoms with Crippen molar-refractivity contribution in [2.24, 2.45) is 0 Å². The van der Waals surface area contributed by atoms with Gasteiger partial charge in [-0.05, 0) is 19.3 Å². The van der Waals surface area contributed by atoms with E-state index >= 15 is 0 Å². The van der Waals surface area contributed by atoms with Gasteiger partial charge in [0.1, 0.15) is 5.56 Å². The van der Waals surface area contributed by atoms with Gasteiger partial charge in [-0.25, -0.2) is 0 Å². The molecule has 0 aromatic rings. The van der Waals surface area contributed by atoms with Gasteiger partial charge in [-0.1, -0.05) is 11.6 Å². The summed E-state index contributed by atoms with van der Waals surface area (Å²) < 4.78 is 0. The summed E-state index contributed by atoms with van der Waals surface area (Å²) in [5.74, 6) is 0.656. The van der Waals surface area contributed by atoms with Gasteiger partial charge in [0.2, 0.25) is 0 Å². The Morgan fingerprint density at radius 3 is 2.10 bits per heavy atom. The van der Waals surface area contributed by atoms with E-state index in [1.165, 1.54) is 0 Å². The number of halogens is 3. The Kier molecular flexibility index (Phi) is 18.9. The minimum absolute atomic E-state index is 0.647. The summed E-state index contributed by atoms with van der Waals surface area (Å²) in [5.41, 5.74) is -0.682. The second-order valence-corrected chi connectivity index (χ2v) is 2.50. The summed E-state index contributed by atoms with van der Waals surface area (Å²) in [5, 5.41) is 8.50. The molecule has 1 nitrogen and oxygen atoms in total. The molecule has 0 amide bonds. The third-order valence-electron chi connectivity index (χ3n) is 0.826. The van der Waals surface area contributed by atoms with Gasteiger partial charge in [-0.2, -0.15) is 0 Å². The van der Waals surface area contributed by atoms with Crippen LogP contribution in [0.2, 0.25) is 0 Å². The van der Waals surface area contributed by atoms with Crippen LogP contribution in [0.5, 0.6) is 0 Å². The monoisotopic (exact) mass is 371 g/mol. The number of hydrogen-bond acceptors (Lipinski definition) is 1. The SMILES string of the molecule is OC(Cl)CCCCCl.[Cl][Hf]. The van der Waals surface area contributed by atoms with Gasteiger partial charge in [-0.3, -0.25) is 0 Å². The zero-order valence-corrected chi connectivity index (χ0v) is 11.3. The van der Waals surface area contributed by atoms with Crippen molar-refractivity contribution in [1.29, 1.82) is 0 Å². The minimum atomic E-state index is -0.682. The van der Waals surface area contributed by atoms with E-state index in [-0.39, 0.29) is 0 Å². The average molecular weight is 371 g/mol. The molecule has 0 aromatic heterocycles. The molecule has 0 fully saturated rings. The first-order valence-corrected chi connectivity index (χ1v) is 8.26. The topological polar surface area (TPSA) is 20.2 Å². The first-order chi connectivity index (χ1) is 4.77. The fourth-order valence-electron chi connectivity index (χ4n) is 0.407. The number of aliphatic hydroxyl groups excluding tert-OH is 1. The van der Waals surface area contributed by atoms with E-state index in [0.717, 1.165) is 36.0 Å². The van der Waals surface area contributed by atoms with Crippen molar-refractivity contribution in [2.75, 3.05) is 5.88 Å². The van der Waals surface area contributed by atoms with Crippen molar-refractivity contribution in [3.63, 3.8) is 0 Å². The van der Waals surface area contributed by atoms with Crippen molar-refractivity contribution in [3.8, 4) is 0 Å². The predicted octanol–water partition coefficient (Wildman–Crippen LogP) is 2.64. The fourth-order valence-corrected chi connectivity index (χ4v) is 0.751. The molecule has 0 aliphatic heterocycles. The molecule has 0 aliphatic rings. The molecule has 0 aromatic carbocycles. The van der Waals surface area contributed by atoms with Gasteiger partial charge in [-0.15, -0.1) is 11.6 Å². The fraction of sp³-hybridized carbons (Fsp3) is 1.00. The first kappa shape index (κ1) is 14.2. The predicted molar refractivity (Wildman–Crippen MR) is 42.3 cm³/mol. The summed E-state index contributed by atoms with van der Waals surface area (Å²) in [6, 6.07) is 0. The van der Waals surface area contributed by atoms with Crippen molar-refractivity contribution in [1.82, 2.24) is 0 Å². The number of aliphatic hydroxyl groups is 1. The Labute approximate surface area is 90.2 Å². The van der Waals surface area contributed by atoms with Crippen LogP contribution in [0, 0.1) is 0 Å². The molecule has 1 atom stereocenters. The van der Waals surface area contributed by atoms with E-state index in [1.807, 2.05) is 0 Å². The summed E-state index contributed by atoms with van der Waals surface area (Å²) in [6.45, 7) is 0. The number of hydrogen-bond donors (Lipinski definition) is 1. The van der Waals surface area contributed by atoms with E-state index in [9.17, 15) is 0 Å². The van der Waals surface area contributed by atoms with Crippen LogP contribution in [-0.2, 0) is 23.2 Å². The Balaban J connectivity index is 0. The molecule has 5 heteroatoms. The third kappa shape index (κ3) is 16.4. The van der Waals surface area contributed by atoms with Crippen LogP contribution in [0.25, 0.3) is 0 Å². The van der Waals surface area contributed by atoms with Crippen LogP contribution in [0.15, 0.2) is 0 Å². The zero-order valence-electron chi connectivity index (χ0n) is 5.49. The molecule has 0 rings (SSSR count). The summed E-state index contributed by atoms with van der Waals surface area (Å²) in [7, 11) is 4.78. The summed E-state index contributed by atoms with van der Waals surface area (Å²) in [4.78, 5) is 0. The van der Waals surface area contributed by atoms with Crippen LogP contribution in [0.4, 0.5) is 0 Å². The second kappa shape index (κ2) is 13.3. The van der Waals surface area contributed by atoms with Crippen LogP contribution < -0.4 is 0 Å². The normalized spacial score (nSPS) is 11.5. The van der Waals surface area contributed by atoms with Crippen LogP contribution in [-0.4, -0.2) is 16.5 Å². The standard InChI is InChI=1S/C5H10Cl2O.ClH.Hf/c6-4-2-1-3-5(7)8;;/h5,8H,1-4H2;1H;/q;;+1/p-1. The van der Waals surface area contributed by atoms with Crippen LogP contribution in [0.3, 0.4) is 0 Å². The molecular weight excluding hydrogens is 361 g/mol. The number of unbranched alkanes of at least 4 members (excludes halogenated alkanes) is 1. The van der Waals surface area contributed by atoms with Gasteiger partial charge in [0.15, 0.2) is 0 Å². The molecular formula is C5H10Cl3HfO. The van der Waals surface area contributed by atoms with Crippen molar-refractivity contribution in [2.45, 2.75) is 24.8 Å². The van der Waals surface area contributed by atoms with Gasteiger partial charge < -0.3 is 5.11 Å². The molecule has 1 unspecified atom stereocenters. The van der Waals surface area contributed by atoms with E-state index in [1.54, 1.807) is 0 Å². The number of alkyl halides is 2. The molecule has 0 heterocycles. The van der Waals surface area contributed by atoms with Crippen LogP contribution in [0.1, 0.15) is 19.3 Å². The van der Waals surface area contributed by atoms with Gasteiger partial charge in [0.25, 0.3) is 0 Å². The molecule has 0 saturated carbocycles. The first-order valence-electron chi connectivity index (χ1n) is 2.84. The maximum atomic E-state index is 8.50. The molecule has 1 N–H and O–H groups in total. The molecule has 0 aliphatic carbocycles. The maximum absolute atomic E-state index is 8.50. The van der Waals surface area contributed by atoms with Crippen molar-refractivity contribution < 1.29 is 28.3 Å².